The number of aryl methyl sites for hydroxylation is 1. The second kappa shape index (κ2) is 7.47. The van der Waals surface area contributed by atoms with Crippen molar-refractivity contribution in [1.29, 1.82) is 0 Å². The molecule has 0 aliphatic carbocycles. The molecule has 0 fully saturated rings. The molecule has 7 heteroatoms. The minimum atomic E-state index is -3.70. The number of anilines is 1. The van der Waals surface area contributed by atoms with Crippen LogP contribution in [0.5, 0.6) is 0 Å². The largest absolute Gasteiger partial charge is 0.362 e. The van der Waals surface area contributed by atoms with Gasteiger partial charge in [0.05, 0.1) is 11.4 Å². The lowest BCUT2D eigenvalue weighted by Gasteiger charge is -2.19. The molecule has 2 aromatic carbocycles. The normalized spacial score (nSPS) is 13.5. The summed E-state index contributed by atoms with van der Waals surface area (Å²) in [6.45, 7) is 3.60. The van der Waals surface area contributed by atoms with Gasteiger partial charge in [0, 0.05) is 18.8 Å². The number of rotatable bonds is 6. The van der Waals surface area contributed by atoms with Crippen LogP contribution in [0.4, 0.5) is 5.69 Å². The standard InChI is InChI=1S/C19H23N3O3S/c1-14-4-2-3-5-15(14)8-10-21-19(23)13-22-11-9-16-12-17(26(20,24)25)6-7-18(16)22/h2-7,12H,8-11,13H2,1H3,(H,21,23)(H2,20,24,25). The highest BCUT2D eigenvalue weighted by Crippen LogP contribution is 2.29. The fraction of sp³-hybridized carbons (Fsp3) is 0.316. The van der Waals surface area contributed by atoms with Gasteiger partial charge in [0.15, 0.2) is 0 Å². The minimum absolute atomic E-state index is 0.0399. The van der Waals surface area contributed by atoms with Crippen molar-refractivity contribution in [2.45, 2.75) is 24.7 Å². The summed E-state index contributed by atoms with van der Waals surface area (Å²) in [5, 5.41) is 8.13. The van der Waals surface area contributed by atoms with Crippen LogP contribution in [0.2, 0.25) is 0 Å². The number of sulfonamides is 1. The molecule has 0 atom stereocenters. The third-order valence-electron chi connectivity index (χ3n) is 4.68. The van der Waals surface area contributed by atoms with E-state index in [4.69, 9.17) is 5.14 Å². The average molecular weight is 373 g/mol. The fourth-order valence-electron chi connectivity index (χ4n) is 3.24. The Bertz CT molecular complexity index is 925. The van der Waals surface area contributed by atoms with Crippen molar-refractivity contribution < 1.29 is 13.2 Å². The lowest BCUT2D eigenvalue weighted by atomic mass is 10.1. The summed E-state index contributed by atoms with van der Waals surface area (Å²) in [6.07, 6.45) is 1.50. The first kappa shape index (κ1) is 18.4. The maximum atomic E-state index is 12.2. The van der Waals surface area contributed by atoms with Gasteiger partial charge < -0.3 is 10.2 Å². The van der Waals surface area contributed by atoms with Gasteiger partial charge >= 0.3 is 0 Å². The van der Waals surface area contributed by atoms with E-state index in [9.17, 15) is 13.2 Å². The lowest BCUT2D eigenvalue weighted by molar-refractivity contribution is -0.119. The van der Waals surface area contributed by atoms with E-state index >= 15 is 0 Å². The number of hydrogen-bond donors (Lipinski definition) is 2. The molecule has 6 nitrogen and oxygen atoms in total. The van der Waals surface area contributed by atoms with E-state index in [-0.39, 0.29) is 17.3 Å². The second-order valence-electron chi connectivity index (χ2n) is 6.53. The number of amides is 1. The molecule has 3 N–H and O–H groups in total. The van der Waals surface area contributed by atoms with E-state index in [0.29, 0.717) is 19.5 Å². The summed E-state index contributed by atoms with van der Waals surface area (Å²) in [4.78, 5) is 14.3. The third-order valence-corrected chi connectivity index (χ3v) is 5.59. The Labute approximate surface area is 154 Å². The SMILES string of the molecule is Cc1ccccc1CCNC(=O)CN1CCc2cc(S(N)(=O)=O)ccc21. The number of carbonyl (C=O) groups is 1. The summed E-state index contributed by atoms with van der Waals surface area (Å²) in [5.41, 5.74) is 4.26. The van der Waals surface area contributed by atoms with E-state index in [1.165, 1.54) is 17.2 Å². The van der Waals surface area contributed by atoms with Gasteiger partial charge in [-0.15, -0.1) is 0 Å². The van der Waals surface area contributed by atoms with Crippen molar-refractivity contribution in [3.8, 4) is 0 Å². The maximum Gasteiger partial charge on any atom is 0.239 e. The molecule has 1 heterocycles. The fourth-order valence-corrected chi connectivity index (χ4v) is 3.81. The van der Waals surface area contributed by atoms with Crippen LogP contribution in [0.1, 0.15) is 16.7 Å². The van der Waals surface area contributed by atoms with Gasteiger partial charge in [-0.2, -0.15) is 0 Å². The number of hydrogen-bond acceptors (Lipinski definition) is 4. The number of nitrogens with zero attached hydrogens (tertiary/aromatic N) is 1. The molecule has 0 radical (unpaired) electrons. The molecule has 0 bridgehead atoms. The smallest absolute Gasteiger partial charge is 0.239 e. The highest BCUT2D eigenvalue weighted by atomic mass is 32.2. The van der Waals surface area contributed by atoms with Gasteiger partial charge in [-0.1, -0.05) is 24.3 Å². The summed E-state index contributed by atoms with van der Waals surface area (Å²) >= 11 is 0. The topological polar surface area (TPSA) is 92.5 Å². The predicted molar refractivity (Wildman–Crippen MR) is 102 cm³/mol. The molecule has 138 valence electrons. The number of nitrogens with one attached hydrogen (secondary N) is 1. The molecule has 0 spiro atoms. The molecular formula is C19H23N3O3S. The first-order chi connectivity index (χ1) is 12.3. The first-order valence-electron chi connectivity index (χ1n) is 8.56. The van der Waals surface area contributed by atoms with Gasteiger partial charge in [0.25, 0.3) is 0 Å². The van der Waals surface area contributed by atoms with E-state index in [0.717, 1.165) is 17.7 Å². The second-order valence-corrected chi connectivity index (χ2v) is 8.09. The molecule has 2 aromatic rings. The van der Waals surface area contributed by atoms with Crippen LogP contribution in [0, 0.1) is 6.92 Å². The predicted octanol–water partition coefficient (Wildman–Crippen LogP) is 1.36. The van der Waals surface area contributed by atoms with Crippen molar-refractivity contribution in [2.75, 3.05) is 24.5 Å². The van der Waals surface area contributed by atoms with Crippen molar-refractivity contribution in [3.05, 3.63) is 59.2 Å². The monoisotopic (exact) mass is 373 g/mol. The van der Waals surface area contributed by atoms with Crippen molar-refractivity contribution in [3.63, 3.8) is 0 Å². The number of carbonyl (C=O) groups excluding carboxylic acids is 1. The molecular weight excluding hydrogens is 350 g/mol. The summed E-state index contributed by atoms with van der Waals surface area (Å²) in [7, 11) is -3.70. The summed E-state index contributed by atoms with van der Waals surface area (Å²) in [6, 6.07) is 13.0. The van der Waals surface area contributed by atoms with Crippen molar-refractivity contribution >= 4 is 21.6 Å². The van der Waals surface area contributed by atoms with Crippen LogP contribution in [0.15, 0.2) is 47.4 Å². The molecule has 0 aromatic heterocycles. The van der Waals surface area contributed by atoms with Crippen LogP contribution < -0.4 is 15.4 Å². The van der Waals surface area contributed by atoms with Crippen LogP contribution in [0.3, 0.4) is 0 Å². The highest BCUT2D eigenvalue weighted by Gasteiger charge is 2.22. The Hall–Kier alpha value is -2.38. The van der Waals surface area contributed by atoms with Crippen LogP contribution in [-0.4, -0.2) is 34.0 Å². The van der Waals surface area contributed by atoms with Gasteiger partial charge in [0.1, 0.15) is 0 Å². The van der Waals surface area contributed by atoms with Crippen molar-refractivity contribution in [1.82, 2.24) is 5.32 Å². The van der Waals surface area contributed by atoms with Crippen LogP contribution in [0.25, 0.3) is 0 Å². The molecule has 26 heavy (non-hydrogen) atoms. The molecule has 0 saturated heterocycles. The zero-order chi connectivity index (χ0) is 18.7. The first-order valence-corrected chi connectivity index (χ1v) is 10.1. The molecule has 1 aliphatic rings. The van der Waals surface area contributed by atoms with E-state index in [1.54, 1.807) is 12.1 Å². The number of benzene rings is 2. The van der Waals surface area contributed by atoms with Gasteiger partial charge in [-0.3, -0.25) is 4.79 Å². The van der Waals surface area contributed by atoms with Gasteiger partial charge in [0.2, 0.25) is 15.9 Å². The Balaban J connectivity index is 1.56. The van der Waals surface area contributed by atoms with E-state index < -0.39 is 10.0 Å². The average Bonchev–Trinajstić information content (AvgIpc) is 2.98. The minimum Gasteiger partial charge on any atom is -0.362 e. The van der Waals surface area contributed by atoms with Crippen LogP contribution >= 0.6 is 0 Å². The maximum absolute atomic E-state index is 12.2. The molecule has 1 amide bonds. The molecule has 0 saturated carbocycles. The van der Waals surface area contributed by atoms with E-state index in [1.807, 2.05) is 17.0 Å². The number of fused-ring (bicyclic) bond motifs is 1. The Morgan fingerprint density at radius 1 is 1.23 bits per heavy atom. The quantitative estimate of drug-likeness (QED) is 0.800. The van der Waals surface area contributed by atoms with Crippen LogP contribution in [-0.2, 0) is 27.7 Å². The molecule has 1 aliphatic heterocycles. The van der Waals surface area contributed by atoms with Gasteiger partial charge in [-0.05, 0) is 54.7 Å². The summed E-state index contributed by atoms with van der Waals surface area (Å²) < 4.78 is 22.9. The van der Waals surface area contributed by atoms with Crippen molar-refractivity contribution in [2.24, 2.45) is 5.14 Å². The Kier molecular flexibility index (Phi) is 5.29. The zero-order valence-electron chi connectivity index (χ0n) is 14.7. The Morgan fingerprint density at radius 2 is 2.00 bits per heavy atom. The zero-order valence-corrected chi connectivity index (χ0v) is 15.6. The van der Waals surface area contributed by atoms with E-state index in [2.05, 4.69) is 24.4 Å². The number of nitrogens with two attached hydrogens (primary N) is 1. The highest BCUT2D eigenvalue weighted by molar-refractivity contribution is 7.89. The van der Waals surface area contributed by atoms with Gasteiger partial charge in [-0.25, -0.2) is 13.6 Å². The third kappa shape index (κ3) is 4.23. The Morgan fingerprint density at radius 3 is 2.73 bits per heavy atom. The lowest BCUT2D eigenvalue weighted by Crippen LogP contribution is -2.37. The summed E-state index contributed by atoms with van der Waals surface area (Å²) in [5.74, 6) is -0.0399. The molecule has 0 unspecified atom stereocenters. The number of primary sulfonamides is 1. The molecule has 3 rings (SSSR count).